The van der Waals surface area contributed by atoms with Crippen molar-refractivity contribution in [3.8, 4) is 11.3 Å². The lowest BCUT2D eigenvalue weighted by molar-refractivity contribution is 0.0646. The van der Waals surface area contributed by atoms with Crippen molar-refractivity contribution in [2.75, 3.05) is 19.6 Å². The Bertz CT molecular complexity index is 660. The molecule has 5 nitrogen and oxygen atoms in total. The molecule has 1 amide bonds. The second-order valence-electron chi connectivity index (χ2n) is 5.53. The highest BCUT2D eigenvalue weighted by molar-refractivity contribution is 7.09. The molecule has 3 rings (SSSR count). The Hall–Kier alpha value is -1.66. The normalized spacial score (nSPS) is 19.0. The van der Waals surface area contributed by atoms with Gasteiger partial charge >= 0.3 is 0 Å². The van der Waals surface area contributed by atoms with E-state index in [9.17, 15) is 4.79 Å². The van der Waals surface area contributed by atoms with E-state index in [-0.39, 0.29) is 11.9 Å². The predicted octanol–water partition coefficient (Wildman–Crippen LogP) is 1.89. The number of piperazine rings is 1. The summed E-state index contributed by atoms with van der Waals surface area (Å²) in [6.45, 7) is 6.55. The molecule has 1 saturated heterocycles. The summed E-state index contributed by atoms with van der Waals surface area (Å²) >= 11 is 1.63. The van der Waals surface area contributed by atoms with Crippen molar-refractivity contribution in [2.45, 2.75) is 19.9 Å². The van der Waals surface area contributed by atoms with Crippen LogP contribution in [0.1, 0.15) is 22.4 Å². The number of carbonyl (C=O) groups is 1. The smallest absolute Gasteiger partial charge is 0.270 e. The van der Waals surface area contributed by atoms with Gasteiger partial charge in [-0.15, -0.1) is 11.3 Å². The number of carbonyl (C=O) groups excluding carboxylic acids is 1. The lowest BCUT2D eigenvalue weighted by Gasteiger charge is -2.34. The minimum atomic E-state index is 0.102. The largest absolute Gasteiger partial charge is 0.346 e. The highest BCUT2D eigenvalue weighted by atomic mass is 32.1. The topological polar surface area (TPSA) is 50.2 Å². The van der Waals surface area contributed by atoms with Gasteiger partial charge in [0, 0.05) is 49.9 Å². The van der Waals surface area contributed by atoms with E-state index in [0.717, 1.165) is 41.6 Å². The third kappa shape index (κ3) is 2.73. The van der Waals surface area contributed by atoms with Crippen molar-refractivity contribution < 1.29 is 4.79 Å². The number of hydrogen-bond donors (Lipinski definition) is 1. The molecule has 0 radical (unpaired) electrons. The summed E-state index contributed by atoms with van der Waals surface area (Å²) in [5.41, 5.74) is 2.68. The van der Waals surface area contributed by atoms with Gasteiger partial charge in [0.1, 0.15) is 5.69 Å². The van der Waals surface area contributed by atoms with Crippen LogP contribution in [0.25, 0.3) is 11.3 Å². The number of nitrogens with one attached hydrogen (secondary N) is 1. The van der Waals surface area contributed by atoms with Crippen LogP contribution < -0.4 is 5.32 Å². The average Bonchev–Trinajstić information content (AvgIpc) is 3.05. The maximum Gasteiger partial charge on any atom is 0.270 e. The molecule has 21 heavy (non-hydrogen) atoms. The van der Waals surface area contributed by atoms with E-state index in [1.807, 2.05) is 41.1 Å². The summed E-state index contributed by atoms with van der Waals surface area (Å²) in [6, 6.07) is 2.18. The van der Waals surface area contributed by atoms with E-state index in [4.69, 9.17) is 0 Å². The predicted molar refractivity (Wildman–Crippen MR) is 84.6 cm³/mol. The number of nitrogens with zero attached hydrogens (tertiary/aromatic N) is 3. The number of amides is 1. The Kier molecular flexibility index (Phi) is 3.82. The molecule has 3 heterocycles. The van der Waals surface area contributed by atoms with Crippen LogP contribution in [-0.4, -0.2) is 46.0 Å². The average molecular weight is 304 g/mol. The van der Waals surface area contributed by atoms with Crippen LogP contribution in [0, 0.1) is 6.92 Å². The summed E-state index contributed by atoms with van der Waals surface area (Å²) in [5.74, 6) is 0.102. The molecule has 1 aliphatic heterocycles. The molecule has 2 aromatic heterocycles. The molecule has 6 heteroatoms. The van der Waals surface area contributed by atoms with E-state index in [1.54, 1.807) is 11.3 Å². The first-order chi connectivity index (χ1) is 10.1. The summed E-state index contributed by atoms with van der Waals surface area (Å²) in [5, 5.41) is 6.38. The van der Waals surface area contributed by atoms with E-state index in [0.29, 0.717) is 0 Å². The molecular weight excluding hydrogens is 284 g/mol. The standard InChI is InChI=1S/C15H20N4OS/c1-10-7-16-4-5-19(10)15(20)14-6-12(8-18(14)3)13-9-21-11(2)17-13/h6,8-10,16H,4-5,7H2,1-3H3/t10-/m0/s1. The third-order valence-corrected chi connectivity index (χ3v) is 4.67. The van der Waals surface area contributed by atoms with E-state index < -0.39 is 0 Å². The van der Waals surface area contributed by atoms with Crippen LogP contribution in [0.15, 0.2) is 17.6 Å². The van der Waals surface area contributed by atoms with Gasteiger partial charge in [-0.25, -0.2) is 4.98 Å². The summed E-state index contributed by atoms with van der Waals surface area (Å²) in [7, 11) is 1.92. The molecule has 112 valence electrons. The van der Waals surface area contributed by atoms with Crippen molar-refractivity contribution in [3.05, 3.63) is 28.3 Å². The number of aryl methyl sites for hydroxylation is 2. The molecule has 1 aliphatic rings. The number of aromatic nitrogens is 2. The first-order valence-electron chi connectivity index (χ1n) is 7.17. The Labute approximate surface area is 128 Å². The second kappa shape index (κ2) is 5.61. The van der Waals surface area contributed by atoms with Crippen LogP contribution in [0.2, 0.25) is 0 Å². The molecule has 0 aromatic carbocycles. The van der Waals surface area contributed by atoms with E-state index in [1.165, 1.54) is 0 Å². The van der Waals surface area contributed by atoms with Gasteiger partial charge in [0.05, 0.1) is 10.7 Å². The quantitative estimate of drug-likeness (QED) is 0.922. The summed E-state index contributed by atoms with van der Waals surface area (Å²) in [4.78, 5) is 19.2. The first-order valence-corrected chi connectivity index (χ1v) is 8.05. The number of rotatable bonds is 2. The molecule has 1 N–H and O–H groups in total. The van der Waals surface area contributed by atoms with Crippen molar-refractivity contribution >= 4 is 17.2 Å². The Morgan fingerprint density at radius 2 is 2.33 bits per heavy atom. The Morgan fingerprint density at radius 3 is 3.00 bits per heavy atom. The monoisotopic (exact) mass is 304 g/mol. The molecule has 0 aliphatic carbocycles. The van der Waals surface area contributed by atoms with Gasteiger partial charge in [0.15, 0.2) is 0 Å². The van der Waals surface area contributed by atoms with Crippen molar-refractivity contribution in [1.29, 1.82) is 0 Å². The van der Waals surface area contributed by atoms with Gasteiger partial charge in [0.25, 0.3) is 5.91 Å². The van der Waals surface area contributed by atoms with Crippen molar-refractivity contribution in [1.82, 2.24) is 19.8 Å². The highest BCUT2D eigenvalue weighted by Gasteiger charge is 2.26. The molecule has 0 bridgehead atoms. The molecule has 0 spiro atoms. The molecule has 0 saturated carbocycles. The van der Waals surface area contributed by atoms with E-state index >= 15 is 0 Å². The first kappa shape index (κ1) is 14.3. The summed E-state index contributed by atoms with van der Waals surface area (Å²) in [6.07, 6.45) is 1.98. The second-order valence-corrected chi connectivity index (χ2v) is 6.59. The van der Waals surface area contributed by atoms with Crippen molar-refractivity contribution in [3.63, 3.8) is 0 Å². The number of thiazole rings is 1. The van der Waals surface area contributed by atoms with Gasteiger partial charge in [-0.3, -0.25) is 4.79 Å². The molecular formula is C15H20N4OS. The Morgan fingerprint density at radius 1 is 1.52 bits per heavy atom. The number of hydrogen-bond acceptors (Lipinski definition) is 4. The lowest BCUT2D eigenvalue weighted by Crippen LogP contribution is -2.52. The maximum absolute atomic E-state index is 12.7. The fourth-order valence-electron chi connectivity index (χ4n) is 2.70. The summed E-state index contributed by atoms with van der Waals surface area (Å²) < 4.78 is 1.90. The molecule has 1 atom stereocenters. The fraction of sp³-hybridized carbons (Fsp3) is 0.467. The van der Waals surface area contributed by atoms with Gasteiger partial charge in [-0.2, -0.15) is 0 Å². The van der Waals surface area contributed by atoms with Gasteiger partial charge < -0.3 is 14.8 Å². The Balaban J connectivity index is 1.88. The SMILES string of the molecule is Cc1nc(-c2cc(C(=O)N3CCNC[C@@H]3C)n(C)c2)cs1. The fourth-order valence-corrected chi connectivity index (χ4v) is 3.33. The molecule has 0 unspecified atom stereocenters. The van der Waals surface area contributed by atoms with Gasteiger partial charge in [0.2, 0.25) is 0 Å². The zero-order chi connectivity index (χ0) is 15.0. The third-order valence-electron chi connectivity index (χ3n) is 3.90. The van der Waals surface area contributed by atoms with Gasteiger partial charge in [-0.05, 0) is 19.9 Å². The minimum Gasteiger partial charge on any atom is -0.346 e. The molecule has 2 aromatic rings. The van der Waals surface area contributed by atoms with Crippen LogP contribution in [0.5, 0.6) is 0 Å². The van der Waals surface area contributed by atoms with Crippen LogP contribution >= 0.6 is 11.3 Å². The van der Waals surface area contributed by atoms with Crippen LogP contribution in [-0.2, 0) is 7.05 Å². The highest BCUT2D eigenvalue weighted by Crippen LogP contribution is 2.24. The van der Waals surface area contributed by atoms with Crippen molar-refractivity contribution in [2.24, 2.45) is 7.05 Å². The van der Waals surface area contributed by atoms with E-state index in [2.05, 4.69) is 17.2 Å². The molecule has 1 fully saturated rings. The van der Waals surface area contributed by atoms with Crippen LogP contribution in [0.4, 0.5) is 0 Å². The zero-order valence-electron chi connectivity index (χ0n) is 12.6. The van der Waals surface area contributed by atoms with Gasteiger partial charge in [-0.1, -0.05) is 0 Å². The van der Waals surface area contributed by atoms with Crippen LogP contribution in [0.3, 0.4) is 0 Å². The lowest BCUT2D eigenvalue weighted by atomic mass is 10.2. The minimum absolute atomic E-state index is 0.102. The zero-order valence-corrected chi connectivity index (χ0v) is 13.4. The maximum atomic E-state index is 12.7.